The summed E-state index contributed by atoms with van der Waals surface area (Å²) in [5.74, 6) is 0.932. The summed E-state index contributed by atoms with van der Waals surface area (Å²) in [5.41, 5.74) is 0.480. The van der Waals surface area contributed by atoms with E-state index in [0.29, 0.717) is 17.9 Å². The summed E-state index contributed by atoms with van der Waals surface area (Å²) >= 11 is 1.66. The largest absolute Gasteiger partial charge is 0.465 e. The molecule has 0 aromatic carbocycles. The SMILES string of the molecule is COC(=O)c1cc(CNCc2cnc(C)s2)oc1C. The molecule has 2 aromatic heterocycles. The number of methoxy groups -OCH3 is 1. The topological polar surface area (TPSA) is 64.4 Å². The third-order valence-corrected chi connectivity index (χ3v) is 3.55. The Morgan fingerprint density at radius 1 is 1.47 bits per heavy atom. The van der Waals surface area contributed by atoms with Crippen molar-refractivity contribution in [1.82, 2.24) is 10.3 Å². The number of aryl methyl sites for hydroxylation is 2. The van der Waals surface area contributed by atoms with E-state index in [0.717, 1.165) is 17.3 Å². The predicted molar refractivity (Wildman–Crippen MR) is 72.2 cm³/mol. The standard InChI is InChI=1S/C13H16N2O3S/c1-8-12(13(16)17-3)4-10(18-8)5-14-6-11-7-15-9(2)19-11/h4,7,14H,5-6H2,1-3H3. The second-order valence-corrected chi connectivity index (χ2v) is 5.44. The Morgan fingerprint density at radius 2 is 2.26 bits per heavy atom. The van der Waals surface area contributed by atoms with Crippen LogP contribution in [-0.4, -0.2) is 18.1 Å². The van der Waals surface area contributed by atoms with Crippen molar-refractivity contribution in [3.05, 3.63) is 39.2 Å². The van der Waals surface area contributed by atoms with Gasteiger partial charge in [0.15, 0.2) is 0 Å². The number of hydrogen-bond acceptors (Lipinski definition) is 6. The zero-order chi connectivity index (χ0) is 13.8. The fourth-order valence-electron chi connectivity index (χ4n) is 1.74. The molecule has 2 aromatic rings. The second-order valence-electron chi connectivity index (χ2n) is 4.12. The number of furan rings is 1. The summed E-state index contributed by atoms with van der Waals surface area (Å²) in [4.78, 5) is 16.8. The van der Waals surface area contributed by atoms with E-state index in [1.54, 1.807) is 24.3 Å². The smallest absolute Gasteiger partial charge is 0.341 e. The molecule has 0 amide bonds. The third kappa shape index (κ3) is 3.42. The van der Waals surface area contributed by atoms with E-state index < -0.39 is 0 Å². The molecule has 0 radical (unpaired) electrons. The van der Waals surface area contributed by atoms with Crippen molar-refractivity contribution in [2.24, 2.45) is 0 Å². The van der Waals surface area contributed by atoms with Gasteiger partial charge in [-0.1, -0.05) is 0 Å². The number of aromatic nitrogens is 1. The molecule has 0 saturated heterocycles. The highest BCUT2D eigenvalue weighted by atomic mass is 32.1. The Bertz CT molecular complexity index is 574. The average Bonchev–Trinajstić information content (AvgIpc) is 2.95. The first-order valence-electron chi connectivity index (χ1n) is 5.90. The highest BCUT2D eigenvalue weighted by Crippen LogP contribution is 2.16. The molecule has 102 valence electrons. The van der Waals surface area contributed by atoms with Gasteiger partial charge in [-0.05, 0) is 19.9 Å². The number of rotatable bonds is 5. The van der Waals surface area contributed by atoms with Gasteiger partial charge in [-0.15, -0.1) is 11.3 Å². The van der Waals surface area contributed by atoms with E-state index in [1.807, 2.05) is 13.1 Å². The number of nitrogens with one attached hydrogen (secondary N) is 1. The Hall–Kier alpha value is -1.66. The first-order valence-corrected chi connectivity index (χ1v) is 6.71. The molecular weight excluding hydrogens is 264 g/mol. The summed E-state index contributed by atoms with van der Waals surface area (Å²) in [5, 5.41) is 4.31. The maximum absolute atomic E-state index is 11.4. The van der Waals surface area contributed by atoms with E-state index in [9.17, 15) is 4.79 Å². The van der Waals surface area contributed by atoms with Crippen molar-refractivity contribution in [2.45, 2.75) is 26.9 Å². The summed E-state index contributed by atoms with van der Waals surface area (Å²) < 4.78 is 10.2. The van der Waals surface area contributed by atoms with Gasteiger partial charge in [-0.3, -0.25) is 0 Å². The lowest BCUT2D eigenvalue weighted by Gasteiger charge is -1.98. The maximum atomic E-state index is 11.4. The van der Waals surface area contributed by atoms with Gasteiger partial charge in [-0.25, -0.2) is 9.78 Å². The molecule has 6 heteroatoms. The van der Waals surface area contributed by atoms with Gasteiger partial charge in [0, 0.05) is 17.6 Å². The molecule has 1 N–H and O–H groups in total. The zero-order valence-corrected chi connectivity index (χ0v) is 12.0. The summed E-state index contributed by atoms with van der Waals surface area (Å²) in [7, 11) is 1.36. The monoisotopic (exact) mass is 280 g/mol. The molecule has 0 aliphatic carbocycles. The van der Waals surface area contributed by atoms with Gasteiger partial charge in [0.2, 0.25) is 0 Å². The second kappa shape index (κ2) is 5.99. The number of thiazole rings is 1. The Balaban J connectivity index is 1.91. The van der Waals surface area contributed by atoms with Crippen molar-refractivity contribution in [1.29, 1.82) is 0 Å². The number of nitrogens with zero attached hydrogens (tertiary/aromatic N) is 1. The van der Waals surface area contributed by atoms with Crippen LogP contribution >= 0.6 is 11.3 Å². The third-order valence-electron chi connectivity index (χ3n) is 2.64. The molecule has 5 nitrogen and oxygen atoms in total. The molecule has 0 aliphatic rings. The van der Waals surface area contributed by atoms with Crippen molar-refractivity contribution < 1.29 is 13.9 Å². The van der Waals surface area contributed by atoms with Gasteiger partial charge in [0.05, 0.1) is 18.7 Å². The molecule has 0 aliphatic heterocycles. The minimum absolute atomic E-state index is 0.370. The van der Waals surface area contributed by atoms with Crippen molar-refractivity contribution >= 4 is 17.3 Å². The van der Waals surface area contributed by atoms with Crippen LogP contribution in [0.5, 0.6) is 0 Å². The Labute approximate surface area is 115 Å². The van der Waals surface area contributed by atoms with Crippen LogP contribution in [-0.2, 0) is 17.8 Å². The number of esters is 1. The molecule has 0 unspecified atom stereocenters. The number of carbonyl (C=O) groups is 1. The Morgan fingerprint density at radius 3 is 2.89 bits per heavy atom. The number of carbonyl (C=O) groups excluding carboxylic acids is 1. The Kier molecular flexibility index (Phi) is 4.34. The van der Waals surface area contributed by atoms with E-state index in [4.69, 9.17) is 4.42 Å². The lowest BCUT2D eigenvalue weighted by Crippen LogP contribution is -2.11. The van der Waals surface area contributed by atoms with Crippen LogP contribution in [0.15, 0.2) is 16.7 Å². The predicted octanol–water partition coefficient (Wildman–Crippen LogP) is 2.43. The van der Waals surface area contributed by atoms with Gasteiger partial charge in [0.25, 0.3) is 0 Å². The van der Waals surface area contributed by atoms with E-state index in [2.05, 4.69) is 15.0 Å². The molecule has 2 rings (SSSR count). The van der Waals surface area contributed by atoms with Crippen LogP contribution in [0.4, 0.5) is 0 Å². The van der Waals surface area contributed by atoms with Crippen molar-refractivity contribution in [2.75, 3.05) is 7.11 Å². The number of hydrogen-bond donors (Lipinski definition) is 1. The molecule has 0 atom stereocenters. The quantitative estimate of drug-likeness (QED) is 0.852. The normalized spacial score (nSPS) is 10.7. The lowest BCUT2D eigenvalue weighted by molar-refractivity contribution is 0.0599. The van der Waals surface area contributed by atoms with Crippen LogP contribution < -0.4 is 5.32 Å². The summed E-state index contributed by atoms with van der Waals surface area (Å²) in [6.45, 7) is 5.03. The molecule has 0 fully saturated rings. The number of ether oxygens (including phenoxy) is 1. The minimum atomic E-state index is -0.370. The highest BCUT2D eigenvalue weighted by molar-refractivity contribution is 7.11. The minimum Gasteiger partial charge on any atom is -0.465 e. The summed E-state index contributed by atoms with van der Waals surface area (Å²) in [6, 6.07) is 1.71. The van der Waals surface area contributed by atoms with E-state index in [-0.39, 0.29) is 5.97 Å². The van der Waals surface area contributed by atoms with Crippen LogP contribution in [0.1, 0.15) is 31.8 Å². The maximum Gasteiger partial charge on any atom is 0.341 e. The van der Waals surface area contributed by atoms with Gasteiger partial charge in [0.1, 0.15) is 17.1 Å². The first kappa shape index (κ1) is 13.8. The van der Waals surface area contributed by atoms with Gasteiger partial charge < -0.3 is 14.5 Å². The lowest BCUT2D eigenvalue weighted by atomic mass is 10.2. The molecule has 0 saturated carbocycles. The molecule has 2 heterocycles. The fraction of sp³-hybridized carbons (Fsp3) is 0.385. The van der Waals surface area contributed by atoms with Crippen LogP contribution in [0.3, 0.4) is 0 Å². The summed E-state index contributed by atoms with van der Waals surface area (Å²) in [6.07, 6.45) is 1.86. The highest BCUT2D eigenvalue weighted by Gasteiger charge is 2.14. The zero-order valence-electron chi connectivity index (χ0n) is 11.1. The molecule has 0 spiro atoms. The van der Waals surface area contributed by atoms with Crippen molar-refractivity contribution in [3.63, 3.8) is 0 Å². The average molecular weight is 280 g/mol. The molecule has 0 bridgehead atoms. The first-order chi connectivity index (χ1) is 9.10. The van der Waals surface area contributed by atoms with Crippen LogP contribution in [0, 0.1) is 13.8 Å². The van der Waals surface area contributed by atoms with Gasteiger partial charge >= 0.3 is 5.97 Å². The molecular formula is C13H16N2O3S. The molecule has 19 heavy (non-hydrogen) atoms. The van der Waals surface area contributed by atoms with Crippen LogP contribution in [0.2, 0.25) is 0 Å². The fourth-order valence-corrected chi connectivity index (χ4v) is 2.50. The van der Waals surface area contributed by atoms with E-state index >= 15 is 0 Å². The van der Waals surface area contributed by atoms with Crippen molar-refractivity contribution in [3.8, 4) is 0 Å². The van der Waals surface area contributed by atoms with Crippen LogP contribution in [0.25, 0.3) is 0 Å². The van der Waals surface area contributed by atoms with Gasteiger partial charge in [-0.2, -0.15) is 0 Å². The van der Waals surface area contributed by atoms with E-state index in [1.165, 1.54) is 12.0 Å².